The van der Waals surface area contributed by atoms with Crippen LogP contribution in [0.3, 0.4) is 0 Å². The maximum absolute atomic E-state index is 4.33. The second kappa shape index (κ2) is 2.96. The SMILES string of the molecule is Cc1cnc(NC2C3C4CCC(C4)C23)nc1. The molecule has 4 atom stereocenters. The van der Waals surface area contributed by atoms with Crippen LogP contribution < -0.4 is 5.32 Å². The fourth-order valence-corrected chi connectivity index (χ4v) is 4.13. The molecule has 3 aliphatic carbocycles. The van der Waals surface area contributed by atoms with Gasteiger partial charge in [0.1, 0.15) is 0 Å². The van der Waals surface area contributed by atoms with Gasteiger partial charge in [0.05, 0.1) is 0 Å². The molecule has 0 aromatic carbocycles. The first-order valence-electron chi connectivity index (χ1n) is 6.38. The number of nitrogens with one attached hydrogen (secondary N) is 1. The van der Waals surface area contributed by atoms with Gasteiger partial charge in [-0.3, -0.25) is 0 Å². The number of aryl methyl sites for hydroxylation is 1. The first kappa shape index (κ1) is 8.97. The molecule has 4 rings (SSSR count). The number of anilines is 1. The minimum Gasteiger partial charge on any atom is -0.351 e. The van der Waals surface area contributed by atoms with Crippen LogP contribution in [0.5, 0.6) is 0 Å². The van der Waals surface area contributed by atoms with Crippen LogP contribution in [0.2, 0.25) is 0 Å². The molecule has 1 heterocycles. The molecular weight excluding hydrogens is 198 g/mol. The molecule has 1 N–H and O–H groups in total. The predicted octanol–water partition coefficient (Wildman–Crippen LogP) is 2.24. The fourth-order valence-electron chi connectivity index (χ4n) is 4.13. The first-order chi connectivity index (χ1) is 7.83. The highest BCUT2D eigenvalue weighted by atomic mass is 15.2. The van der Waals surface area contributed by atoms with E-state index in [4.69, 9.17) is 0 Å². The number of nitrogens with zero attached hydrogens (tertiary/aromatic N) is 2. The fraction of sp³-hybridized carbons (Fsp3) is 0.692. The first-order valence-corrected chi connectivity index (χ1v) is 6.38. The van der Waals surface area contributed by atoms with E-state index in [0.717, 1.165) is 35.2 Å². The van der Waals surface area contributed by atoms with Crippen molar-refractivity contribution in [2.75, 3.05) is 5.32 Å². The number of hydrogen-bond donors (Lipinski definition) is 1. The highest BCUT2D eigenvalue weighted by Gasteiger charge is 2.65. The molecule has 2 bridgehead atoms. The summed E-state index contributed by atoms with van der Waals surface area (Å²) in [5.74, 6) is 4.74. The summed E-state index contributed by atoms with van der Waals surface area (Å²) in [7, 11) is 0. The molecule has 3 fully saturated rings. The minimum atomic E-state index is 0.689. The molecule has 3 aliphatic rings. The van der Waals surface area contributed by atoms with E-state index >= 15 is 0 Å². The van der Waals surface area contributed by atoms with Gasteiger partial charge in [-0.25, -0.2) is 9.97 Å². The van der Waals surface area contributed by atoms with Crippen LogP contribution in [-0.2, 0) is 0 Å². The van der Waals surface area contributed by atoms with Gasteiger partial charge in [0.2, 0.25) is 5.95 Å². The Labute approximate surface area is 95.7 Å². The number of aromatic nitrogens is 2. The standard InChI is InChI=1S/C13H17N3/c1-7-5-14-13(15-6-7)16-12-10-8-2-3-9(4-8)11(10)12/h5-6,8-12H,2-4H2,1H3,(H,14,15,16). The van der Waals surface area contributed by atoms with Gasteiger partial charge in [0.25, 0.3) is 0 Å². The summed E-state index contributed by atoms with van der Waals surface area (Å²) in [6.07, 6.45) is 8.23. The molecule has 0 radical (unpaired) electrons. The zero-order valence-corrected chi connectivity index (χ0v) is 9.56. The number of hydrogen-bond acceptors (Lipinski definition) is 3. The van der Waals surface area contributed by atoms with Crippen LogP contribution in [0, 0.1) is 30.6 Å². The summed E-state index contributed by atoms with van der Waals surface area (Å²) in [5, 5.41) is 3.52. The third-order valence-corrected chi connectivity index (χ3v) is 4.81. The van der Waals surface area contributed by atoms with Gasteiger partial charge in [0.15, 0.2) is 0 Å². The summed E-state index contributed by atoms with van der Waals surface area (Å²) >= 11 is 0. The molecule has 3 heteroatoms. The van der Waals surface area contributed by atoms with Crippen molar-refractivity contribution in [2.45, 2.75) is 32.2 Å². The summed E-state index contributed by atoms with van der Waals surface area (Å²) in [6, 6.07) is 0.689. The second-order valence-electron chi connectivity index (χ2n) is 5.74. The monoisotopic (exact) mass is 215 g/mol. The van der Waals surface area contributed by atoms with E-state index in [-0.39, 0.29) is 0 Å². The highest BCUT2D eigenvalue weighted by Crippen LogP contribution is 2.66. The van der Waals surface area contributed by atoms with Gasteiger partial charge in [-0.1, -0.05) is 0 Å². The van der Waals surface area contributed by atoms with Crippen molar-refractivity contribution in [2.24, 2.45) is 23.7 Å². The van der Waals surface area contributed by atoms with Crippen LogP contribution in [0.25, 0.3) is 0 Å². The molecular formula is C13H17N3. The zero-order chi connectivity index (χ0) is 10.7. The average molecular weight is 215 g/mol. The van der Waals surface area contributed by atoms with E-state index in [1.54, 1.807) is 0 Å². The Kier molecular flexibility index (Phi) is 1.66. The smallest absolute Gasteiger partial charge is 0.222 e. The lowest BCUT2D eigenvalue weighted by molar-refractivity contribution is 0.456. The maximum atomic E-state index is 4.33. The van der Waals surface area contributed by atoms with Crippen LogP contribution in [0.1, 0.15) is 24.8 Å². The predicted molar refractivity (Wildman–Crippen MR) is 62.0 cm³/mol. The topological polar surface area (TPSA) is 37.8 Å². The molecule has 3 saturated carbocycles. The number of fused-ring (bicyclic) bond motifs is 5. The van der Waals surface area contributed by atoms with Gasteiger partial charge in [-0.2, -0.15) is 0 Å². The van der Waals surface area contributed by atoms with Gasteiger partial charge in [-0.15, -0.1) is 0 Å². The molecule has 4 unspecified atom stereocenters. The van der Waals surface area contributed by atoms with E-state index in [0.29, 0.717) is 6.04 Å². The Morgan fingerprint density at radius 2 is 1.75 bits per heavy atom. The Hall–Kier alpha value is -1.12. The molecule has 0 aliphatic heterocycles. The highest BCUT2D eigenvalue weighted by molar-refractivity contribution is 5.34. The van der Waals surface area contributed by atoms with Crippen LogP contribution in [-0.4, -0.2) is 16.0 Å². The lowest BCUT2D eigenvalue weighted by Crippen LogP contribution is -2.14. The third kappa shape index (κ3) is 1.14. The molecule has 1 aromatic rings. The minimum absolute atomic E-state index is 0.689. The Morgan fingerprint density at radius 3 is 2.38 bits per heavy atom. The maximum Gasteiger partial charge on any atom is 0.222 e. The molecule has 3 nitrogen and oxygen atoms in total. The van der Waals surface area contributed by atoms with E-state index in [2.05, 4.69) is 15.3 Å². The summed E-state index contributed by atoms with van der Waals surface area (Å²) in [5.41, 5.74) is 1.13. The van der Waals surface area contributed by atoms with E-state index in [1.807, 2.05) is 19.3 Å². The Bertz CT molecular complexity index is 398. The zero-order valence-electron chi connectivity index (χ0n) is 9.56. The summed E-state index contributed by atoms with van der Waals surface area (Å²) in [4.78, 5) is 8.67. The third-order valence-electron chi connectivity index (χ3n) is 4.81. The van der Waals surface area contributed by atoms with Crippen molar-refractivity contribution >= 4 is 5.95 Å². The summed E-state index contributed by atoms with van der Waals surface area (Å²) in [6.45, 7) is 2.02. The lowest BCUT2D eigenvalue weighted by atomic mass is 10.0. The lowest BCUT2D eigenvalue weighted by Gasteiger charge is -2.10. The van der Waals surface area contributed by atoms with Gasteiger partial charge in [0, 0.05) is 18.4 Å². The molecule has 0 saturated heterocycles. The van der Waals surface area contributed by atoms with Crippen LogP contribution in [0.4, 0.5) is 5.95 Å². The van der Waals surface area contributed by atoms with Gasteiger partial charge in [-0.05, 0) is 55.4 Å². The van der Waals surface area contributed by atoms with Crippen molar-refractivity contribution < 1.29 is 0 Å². The Morgan fingerprint density at radius 1 is 1.12 bits per heavy atom. The van der Waals surface area contributed by atoms with Crippen molar-refractivity contribution in [3.63, 3.8) is 0 Å². The molecule has 0 spiro atoms. The Balaban J connectivity index is 1.48. The molecule has 84 valence electrons. The van der Waals surface area contributed by atoms with Gasteiger partial charge < -0.3 is 5.32 Å². The number of rotatable bonds is 2. The van der Waals surface area contributed by atoms with Crippen molar-refractivity contribution in [3.05, 3.63) is 18.0 Å². The van der Waals surface area contributed by atoms with Gasteiger partial charge >= 0.3 is 0 Å². The largest absolute Gasteiger partial charge is 0.351 e. The summed E-state index contributed by atoms with van der Waals surface area (Å²) < 4.78 is 0. The van der Waals surface area contributed by atoms with Crippen LogP contribution in [0.15, 0.2) is 12.4 Å². The van der Waals surface area contributed by atoms with Crippen LogP contribution >= 0.6 is 0 Å². The van der Waals surface area contributed by atoms with Crippen molar-refractivity contribution in [1.82, 2.24) is 9.97 Å². The van der Waals surface area contributed by atoms with Crippen molar-refractivity contribution in [1.29, 1.82) is 0 Å². The molecule has 0 amide bonds. The quantitative estimate of drug-likeness (QED) is 0.822. The normalized spacial score (nSPS) is 43.2. The molecule has 1 aromatic heterocycles. The molecule has 16 heavy (non-hydrogen) atoms. The van der Waals surface area contributed by atoms with E-state index < -0.39 is 0 Å². The average Bonchev–Trinajstić information content (AvgIpc) is 2.72. The van der Waals surface area contributed by atoms with E-state index in [1.165, 1.54) is 19.3 Å². The second-order valence-corrected chi connectivity index (χ2v) is 5.74. The van der Waals surface area contributed by atoms with E-state index in [9.17, 15) is 0 Å². The van der Waals surface area contributed by atoms with Crippen molar-refractivity contribution in [3.8, 4) is 0 Å².